The van der Waals surface area contributed by atoms with E-state index in [4.69, 9.17) is 5.73 Å². The minimum absolute atomic E-state index is 0.00283. The van der Waals surface area contributed by atoms with Crippen LogP contribution in [0.4, 0.5) is 0 Å². The van der Waals surface area contributed by atoms with Crippen LogP contribution in [0.15, 0.2) is 60.9 Å². The van der Waals surface area contributed by atoms with Crippen molar-refractivity contribution in [1.29, 1.82) is 0 Å². The number of hydroxylamine groups is 2. The SMILES string of the molecule is NC(=O)C(O)C(Cc1ccccc1)N([O-])C(=O)c1cccnc1-n1ccc(CN2CCCC2)n1. The third-order valence-electron chi connectivity index (χ3n) is 5.91. The van der Waals surface area contributed by atoms with Gasteiger partial charge in [-0.05, 0) is 56.1 Å². The molecule has 1 fully saturated rings. The summed E-state index contributed by atoms with van der Waals surface area (Å²) in [5, 5.41) is 28.1. The van der Waals surface area contributed by atoms with Gasteiger partial charge in [-0.15, -0.1) is 0 Å². The molecule has 3 aromatic rings. The monoisotopic (exact) mass is 463 g/mol. The van der Waals surface area contributed by atoms with Crippen LogP contribution in [0.5, 0.6) is 0 Å². The summed E-state index contributed by atoms with van der Waals surface area (Å²) < 4.78 is 1.46. The van der Waals surface area contributed by atoms with E-state index in [1.165, 1.54) is 35.9 Å². The van der Waals surface area contributed by atoms with E-state index in [-0.39, 0.29) is 22.9 Å². The third-order valence-corrected chi connectivity index (χ3v) is 5.91. The number of pyridine rings is 1. The lowest BCUT2D eigenvalue weighted by Gasteiger charge is -2.39. The number of amides is 2. The van der Waals surface area contributed by atoms with E-state index in [0.717, 1.165) is 18.8 Å². The highest BCUT2D eigenvalue weighted by Crippen LogP contribution is 2.20. The molecule has 10 nitrogen and oxygen atoms in total. The highest BCUT2D eigenvalue weighted by atomic mass is 16.5. The predicted octanol–water partition coefficient (Wildman–Crippen LogP) is 1.26. The lowest BCUT2D eigenvalue weighted by molar-refractivity contribution is -0.128. The average Bonchev–Trinajstić information content (AvgIpc) is 3.54. The number of aliphatic hydroxyl groups excluding tert-OH is 1. The first-order chi connectivity index (χ1) is 16.4. The van der Waals surface area contributed by atoms with Crippen LogP contribution in [-0.4, -0.2) is 66.9 Å². The molecule has 178 valence electrons. The lowest BCUT2D eigenvalue weighted by atomic mass is 10.00. The van der Waals surface area contributed by atoms with Gasteiger partial charge in [0.1, 0.15) is 0 Å². The van der Waals surface area contributed by atoms with E-state index in [2.05, 4.69) is 15.0 Å². The van der Waals surface area contributed by atoms with Crippen molar-refractivity contribution < 1.29 is 14.7 Å². The number of rotatable bonds is 9. The van der Waals surface area contributed by atoms with Crippen LogP contribution in [0.1, 0.15) is 34.5 Å². The first-order valence-electron chi connectivity index (χ1n) is 11.2. The number of hydrogen-bond acceptors (Lipinski definition) is 7. The number of benzene rings is 1. The van der Waals surface area contributed by atoms with Gasteiger partial charge in [-0.2, -0.15) is 5.10 Å². The minimum Gasteiger partial charge on any atom is -0.756 e. The van der Waals surface area contributed by atoms with Gasteiger partial charge in [0, 0.05) is 18.9 Å². The maximum Gasteiger partial charge on any atom is 0.248 e. The van der Waals surface area contributed by atoms with Crippen LogP contribution in [0.2, 0.25) is 0 Å². The maximum atomic E-state index is 13.2. The largest absolute Gasteiger partial charge is 0.756 e. The molecule has 0 saturated carbocycles. The average molecular weight is 464 g/mol. The molecule has 3 N–H and O–H groups in total. The van der Waals surface area contributed by atoms with E-state index >= 15 is 0 Å². The molecule has 2 atom stereocenters. The van der Waals surface area contributed by atoms with Crippen LogP contribution in [0.3, 0.4) is 0 Å². The van der Waals surface area contributed by atoms with Crippen molar-refractivity contribution in [1.82, 2.24) is 24.7 Å². The number of aliphatic hydroxyl groups is 1. The van der Waals surface area contributed by atoms with Crippen LogP contribution >= 0.6 is 0 Å². The first-order valence-corrected chi connectivity index (χ1v) is 11.2. The minimum atomic E-state index is -1.83. The maximum absolute atomic E-state index is 13.2. The second-order valence-corrected chi connectivity index (χ2v) is 8.34. The van der Waals surface area contributed by atoms with E-state index in [9.17, 15) is 19.9 Å². The van der Waals surface area contributed by atoms with Gasteiger partial charge in [0.05, 0.1) is 17.3 Å². The molecule has 1 aromatic carbocycles. The fourth-order valence-corrected chi connectivity index (χ4v) is 4.12. The van der Waals surface area contributed by atoms with E-state index in [1.54, 1.807) is 36.5 Å². The Labute approximate surface area is 197 Å². The molecule has 2 aromatic heterocycles. The number of carbonyl (C=O) groups excluding carboxylic acids is 2. The number of hydrogen-bond donors (Lipinski definition) is 2. The van der Waals surface area contributed by atoms with Gasteiger partial charge in [0.15, 0.2) is 11.9 Å². The molecule has 2 amide bonds. The third kappa shape index (κ3) is 5.30. The van der Waals surface area contributed by atoms with Crippen LogP contribution < -0.4 is 5.73 Å². The number of likely N-dealkylation sites (tertiary alicyclic amines) is 1. The summed E-state index contributed by atoms with van der Waals surface area (Å²) in [6.45, 7) is 2.74. The van der Waals surface area contributed by atoms with E-state index in [1.807, 2.05) is 6.07 Å². The molecule has 3 heterocycles. The van der Waals surface area contributed by atoms with Crippen molar-refractivity contribution in [3.05, 3.63) is 83.0 Å². The Morgan fingerprint density at radius 2 is 1.85 bits per heavy atom. The second kappa shape index (κ2) is 10.6. The standard InChI is InChI=1S/C24H27N6O4/c25-22(32)21(31)20(15-17-7-2-1-3-8-17)30(34)24(33)19-9-6-11-26-23(19)29-14-10-18(27-29)16-28-12-4-5-13-28/h1-3,6-11,14,20-21,31H,4-5,12-13,15-16H2,(H2,25,32)/q-1. The second-order valence-electron chi connectivity index (χ2n) is 8.34. The summed E-state index contributed by atoms with van der Waals surface area (Å²) in [6, 6.07) is 12.2. The first kappa shape index (κ1) is 23.6. The van der Waals surface area contributed by atoms with Crippen molar-refractivity contribution >= 4 is 11.8 Å². The normalized spacial score (nSPS) is 15.7. The molecule has 0 bridgehead atoms. The van der Waals surface area contributed by atoms with Gasteiger partial charge in [0.2, 0.25) is 11.8 Å². The molecule has 0 aliphatic carbocycles. The van der Waals surface area contributed by atoms with Crippen LogP contribution in [0, 0.1) is 5.21 Å². The predicted molar refractivity (Wildman–Crippen MR) is 125 cm³/mol. The zero-order chi connectivity index (χ0) is 24.1. The van der Waals surface area contributed by atoms with Crippen molar-refractivity contribution in [2.75, 3.05) is 13.1 Å². The molecule has 1 aliphatic rings. The summed E-state index contributed by atoms with van der Waals surface area (Å²) in [6.07, 6.45) is 3.65. The van der Waals surface area contributed by atoms with Crippen molar-refractivity contribution in [3.8, 4) is 5.82 Å². The Morgan fingerprint density at radius 3 is 2.56 bits per heavy atom. The van der Waals surface area contributed by atoms with Gasteiger partial charge in [-0.25, -0.2) is 9.67 Å². The van der Waals surface area contributed by atoms with Gasteiger partial charge in [-0.3, -0.25) is 14.5 Å². The number of primary amides is 1. The molecule has 1 saturated heterocycles. The molecule has 4 rings (SSSR count). The van der Waals surface area contributed by atoms with Gasteiger partial charge < -0.3 is 21.1 Å². The number of aromatic nitrogens is 3. The topological polar surface area (TPSA) is 141 Å². The van der Waals surface area contributed by atoms with E-state index in [0.29, 0.717) is 12.1 Å². The smallest absolute Gasteiger partial charge is 0.248 e. The summed E-state index contributed by atoms with van der Waals surface area (Å²) in [4.78, 5) is 31.5. The van der Waals surface area contributed by atoms with Gasteiger partial charge >= 0.3 is 0 Å². The Hall–Kier alpha value is -3.60. The number of nitrogens with two attached hydrogens (primary N) is 1. The summed E-state index contributed by atoms with van der Waals surface area (Å²) >= 11 is 0. The summed E-state index contributed by atoms with van der Waals surface area (Å²) in [5.74, 6) is -1.84. The molecule has 1 aliphatic heterocycles. The van der Waals surface area contributed by atoms with Crippen LogP contribution in [-0.2, 0) is 17.8 Å². The van der Waals surface area contributed by atoms with Gasteiger partial charge in [0.25, 0.3) is 0 Å². The molecule has 0 spiro atoms. The van der Waals surface area contributed by atoms with Crippen molar-refractivity contribution in [2.45, 2.75) is 38.0 Å². The Morgan fingerprint density at radius 1 is 1.12 bits per heavy atom. The fraction of sp³-hybridized carbons (Fsp3) is 0.333. The van der Waals surface area contributed by atoms with Crippen LogP contribution in [0.25, 0.3) is 5.82 Å². The number of nitrogens with zero attached hydrogens (tertiary/aromatic N) is 5. The quantitative estimate of drug-likeness (QED) is 0.455. The molecule has 0 radical (unpaired) electrons. The molecule has 10 heteroatoms. The molecular formula is C24H27N6O4-. The summed E-state index contributed by atoms with van der Waals surface area (Å²) in [5.41, 5.74) is 6.77. The van der Waals surface area contributed by atoms with Crippen molar-refractivity contribution in [2.24, 2.45) is 5.73 Å². The Kier molecular flexibility index (Phi) is 7.31. The molecule has 34 heavy (non-hydrogen) atoms. The Balaban J connectivity index is 1.59. The lowest BCUT2D eigenvalue weighted by Crippen LogP contribution is -2.50. The number of carbonyl (C=O) groups is 2. The highest BCUT2D eigenvalue weighted by molar-refractivity contribution is 5.98. The summed E-state index contributed by atoms with van der Waals surface area (Å²) in [7, 11) is 0. The molecule has 2 unspecified atom stereocenters. The van der Waals surface area contributed by atoms with Crippen molar-refractivity contribution in [3.63, 3.8) is 0 Å². The molecular weight excluding hydrogens is 436 g/mol. The highest BCUT2D eigenvalue weighted by Gasteiger charge is 2.30. The van der Waals surface area contributed by atoms with E-state index < -0.39 is 24.0 Å². The Bertz CT molecular complexity index is 1130. The zero-order valence-electron chi connectivity index (χ0n) is 18.7. The van der Waals surface area contributed by atoms with Gasteiger partial charge in [-0.1, -0.05) is 30.3 Å². The zero-order valence-corrected chi connectivity index (χ0v) is 18.7. The fourth-order valence-electron chi connectivity index (χ4n) is 4.12.